The zero-order valence-electron chi connectivity index (χ0n) is 13.0. The van der Waals surface area contributed by atoms with E-state index in [4.69, 9.17) is 0 Å². The molecule has 1 aliphatic heterocycles. The Balaban J connectivity index is 1.54. The number of likely N-dealkylation sites (tertiary alicyclic amines) is 1. The summed E-state index contributed by atoms with van der Waals surface area (Å²) in [6.07, 6.45) is 1.01. The van der Waals surface area contributed by atoms with E-state index in [9.17, 15) is 18.0 Å². The summed E-state index contributed by atoms with van der Waals surface area (Å²) in [4.78, 5) is 15.2. The summed E-state index contributed by atoms with van der Waals surface area (Å²) in [6, 6.07) is 1.69. The largest absolute Gasteiger partial charge is 0.406 e. The van der Waals surface area contributed by atoms with E-state index in [2.05, 4.69) is 5.10 Å². The summed E-state index contributed by atoms with van der Waals surface area (Å²) >= 11 is 0. The van der Waals surface area contributed by atoms with Crippen LogP contribution in [0.2, 0.25) is 0 Å². The SMILES string of the molecule is CC(C1CC1)N(CC(F)(F)F)C(=O)CN1CC(n2cccn2)C1. The van der Waals surface area contributed by atoms with Gasteiger partial charge in [-0.05, 0) is 31.7 Å². The molecular formula is C15H21F3N4O. The molecule has 0 radical (unpaired) electrons. The number of hydrogen-bond acceptors (Lipinski definition) is 3. The first kappa shape index (κ1) is 16.3. The van der Waals surface area contributed by atoms with Crippen LogP contribution in [0.4, 0.5) is 13.2 Å². The van der Waals surface area contributed by atoms with Crippen molar-refractivity contribution in [2.75, 3.05) is 26.2 Å². The van der Waals surface area contributed by atoms with Gasteiger partial charge in [0.2, 0.25) is 5.91 Å². The van der Waals surface area contributed by atoms with E-state index in [1.54, 1.807) is 13.1 Å². The quantitative estimate of drug-likeness (QED) is 0.800. The highest BCUT2D eigenvalue weighted by atomic mass is 19.4. The maximum Gasteiger partial charge on any atom is 0.406 e. The van der Waals surface area contributed by atoms with Gasteiger partial charge in [0.1, 0.15) is 6.54 Å². The molecule has 5 nitrogen and oxygen atoms in total. The van der Waals surface area contributed by atoms with Crippen molar-refractivity contribution in [1.29, 1.82) is 0 Å². The molecule has 23 heavy (non-hydrogen) atoms. The van der Waals surface area contributed by atoms with Gasteiger partial charge in [0.25, 0.3) is 0 Å². The van der Waals surface area contributed by atoms with Gasteiger partial charge in [-0.15, -0.1) is 0 Å². The van der Waals surface area contributed by atoms with E-state index in [0.717, 1.165) is 17.7 Å². The summed E-state index contributed by atoms with van der Waals surface area (Å²) in [5.41, 5.74) is 0. The van der Waals surface area contributed by atoms with Crippen molar-refractivity contribution in [3.63, 3.8) is 0 Å². The number of carbonyl (C=O) groups is 1. The van der Waals surface area contributed by atoms with Crippen LogP contribution < -0.4 is 0 Å². The molecule has 1 atom stereocenters. The van der Waals surface area contributed by atoms with Crippen molar-refractivity contribution in [2.24, 2.45) is 5.92 Å². The number of aromatic nitrogens is 2. The first-order valence-corrected chi connectivity index (χ1v) is 7.91. The van der Waals surface area contributed by atoms with Crippen LogP contribution in [0.1, 0.15) is 25.8 Å². The van der Waals surface area contributed by atoms with Crippen molar-refractivity contribution in [3.8, 4) is 0 Å². The standard InChI is InChI=1S/C15H21F3N4O/c1-11(12-3-4-12)21(10-15(16,17)18)14(23)9-20-7-13(8-20)22-6-2-5-19-22/h2,5-6,11-13H,3-4,7-10H2,1H3. The van der Waals surface area contributed by atoms with Crippen LogP contribution in [-0.2, 0) is 4.79 Å². The van der Waals surface area contributed by atoms with Gasteiger partial charge in [0.15, 0.2) is 0 Å². The maximum absolute atomic E-state index is 12.8. The Morgan fingerprint density at radius 1 is 1.39 bits per heavy atom. The Morgan fingerprint density at radius 3 is 2.61 bits per heavy atom. The van der Waals surface area contributed by atoms with Crippen molar-refractivity contribution < 1.29 is 18.0 Å². The number of nitrogens with zero attached hydrogens (tertiary/aromatic N) is 4. The first-order valence-electron chi connectivity index (χ1n) is 7.91. The van der Waals surface area contributed by atoms with Gasteiger partial charge < -0.3 is 4.90 Å². The highest BCUT2D eigenvalue weighted by Gasteiger charge is 2.41. The Labute approximate surface area is 133 Å². The van der Waals surface area contributed by atoms with Crippen molar-refractivity contribution >= 4 is 5.91 Å². The topological polar surface area (TPSA) is 41.4 Å². The minimum Gasteiger partial charge on any atom is -0.329 e. The molecule has 8 heteroatoms. The molecule has 1 unspecified atom stereocenters. The van der Waals surface area contributed by atoms with Crippen molar-refractivity contribution in [1.82, 2.24) is 19.6 Å². The molecule has 2 aliphatic rings. The van der Waals surface area contributed by atoms with Crippen LogP contribution in [0, 0.1) is 5.92 Å². The molecule has 1 aromatic heterocycles. The second-order valence-corrected chi connectivity index (χ2v) is 6.55. The number of hydrogen-bond donors (Lipinski definition) is 0. The molecule has 1 amide bonds. The normalized spacial score (nSPS) is 21.0. The van der Waals surface area contributed by atoms with Crippen LogP contribution in [0.15, 0.2) is 18.5 Å². The van der Waals surface area contributed by atoms with Gasteiger partial charge in [0.05, 0.1) is 12.6 Å². The molecule has 0 aromatic carbocycles. The number of carbonyl (C=O) groups excluding carboxylic acids is 1. The van der Waals surface area contributed by atoms with Crippen LogP contribution in [-0.4, -0.2) is 63.9 Å². The molecule has 0 bridgehead atoms. The second kappa shape index (κ2) is 6.14. The molecular weight excluding hydrogens is 309 g/mol. The Hall–Kier alpha value is -1.57. The maximum atomic E-state index is 12.8. The predicted molar refractivity (Wildman–Crippen MR) is 77.7 cm³/mol. The third-order valence-corrected chi connectivity index (χ3v) is 4.66. The first-order chi connectivity index (χ1) is 10.8. The number of halogens is 3. The molecule has 1 aliphatic carbocycles. The lowest BCUT2D eigenvalue weighted by Crippen LogP contribution is -2.54. The fourth-order valence-corrected chi connectivity index (χ4v) is 3.10. The summed E-state index contributed by atoms with van der Waals surface area (Å²) in [7, 11) is 0. The lowest BCUT2D eigenvalue weighted by Gasteiger charge is -2.40. The van der Waals surface area contributed by atoms with Gasteiger partial charge in [0, 0.05) is 31.5 Å². The summed E-state index contributed by atoms with van der Waals surface area (Å²) in [6.45, 7) is 1.91. The third kappa shape index (κ3) is 4.04. The molecule has 2 heterocycles. The molecule has 0 N–H and O–H groups in total. The van der Waals surface area contributed by atoms with Crippen LogP contribution in [0.3, 0.4) is 0 Å². The summed E-state index contributed by atoms with van der Waals surface area (Å²) in [5.74, 6) is -0.213. The monoisotopic (exact) mass is 330 g/mol. The molecule has 1 saturated heterocycles. The van der Waals surface area contributed by atoms with E-state index in [-0.39, 0.29) is 24.5 Å². The Kier molecular flexibility index (Phi) is 4.35. The van der Waals surface area contributed by atoms with Crippen LogP contribution in [0.5, 0.6) is 0 Å². The average molecular weight is 330 g/mol. The lowest BCUT2D eigenvalue weighted by molar-refractivity contribution is -0.167. The zero-order valence-corrected chi connectivity index (χ0v) is 13.0. The van der Waals surface area contributed by atoms with Gasteiger partial charge in [-0.3, -0.25) is 14.4 Å². The summed E-state index contributed by atoms with van der Waals surface area (Å²) < 4.78 is 40.1. The van der Waals surface area contributed by atoms with Gasteiger partial charge in [-0.25, -0.2) is 0 Å². The predicted octanol–water partition coefficient (Wildman–Crippen LogP) is 1.93. The number of alkyl halides is 3. The second-order valence-electron chi connectivity index (χ2n) is 6.55. The highest BCUT2D eigenvalue weighted by Crippen LogP contribution is 2.36. The number of rotatable bonds is 6. The van der Waals surface area contributed by atoms with Crippen LogP contribution in [0.25, 0.3) is 0 Å². The molecule has 1 aromatic rings. The minimum absolute atomic E-state index is 0.0465. The van der Waals surface area contributed by atoms with Gasteiger partial charge in [-0.2, -0.15) is 18.3 Å². The Morgan fingerprint density at radius 2 is 2.09 bits per heavy atom. The molecule has 3 rings (SSSR count). The molecule has 2 fully saturated rings. The molecule has 0 spiro atoms. The zero-order chi connectivity index (χ0) is 16.6. The highest BCUT2D eigenvalue weighted by molar-refractivity contribution is 5.78. The van der Waals surface area contributed by atoms with E-state index < -0.39 is 18.6 Å². The molecule has 1 saturated carbocycles. The lowest BCUT2D eigenvalue weighted by atomic mass is 10.1. The molecule has 128 valence electrons. The van der Waals surface area contributed by atoms with Crippen molar-refractivity contribution in [3.05, 3.63) is 18.5 Å². The van der Waals surface area contributed by atoms with Gasteiger partial charge in [-0.1, -0.05) is 0 Å². The van der Waals surface area contributed by atoms with Crippen molar-refractivity contribution in [2.45, 2.75) is 38.0 Å². The fourth-order valence-electron chi connectivity index (χ4n) is 3.10. The van der Waals surface area contributed by atoms with E-state index in [1.807, 2.05) is 21.8 Å². The minimum atomic E-state index is -4.36. The number of amides is 1. The van der Waals surface area contributed by atoms with E-state index >= 15 is 0 Å². The van der Waals surface area contributed by atoms with E-state index in [1.165, 1.54) is 0 Å². The Bertz CT molecular complexity index is 535. The van der Waals surface area contributed by atoms with Crippen LogP contribution >= 0.6 is 0 Å². The smallest absolute Gasteiger partial charge is 0.329 e. The van der Waals surface area contributed by atoms with Gasteiger partial charge >= 0.3 is 6.18 Å². The fraction of sp³-hybridized carbons (Fsp3) is 0.733. The third-order valence-electron chi connectivity index (χ3n) is 4.66. The van der Waals surface area contributed by atoms with E-state index in [0.29, 0.717) is 13.1 Å². The average Bonchev–Trinajstić information content (AvgIpc) is 3.14. The summed E-state index contributed by atoms with van der Waals surface area (Å²) in [5, 5.41) is 4.14.